The van der Waals surface area contributed by atoms with Gasteiger partial charge in [-0.25, -0.2) is 0 Å². The standard InChI is InChI=1S/C11H16N2O5/c14-5-7-8(15)9(16)11(18-7)13-10(17)6-2-1-3-12-4-6/h1-3,6-9,11,14-16H,4-5H2,(H,13,17)/t6?,7-,8-,9-,11-/m1/s1. The van der Waals surface area contributed by atoms with Crippen LogP contribution in [0.2, 0.25) is 0 Å². The van der Waals surface area contributed by atoms with E-state index < -0.39 is 37.1 Å². The summed E-state index contributed by atoms with van der Waals surface area (Å²) in [4.78, 5) is 15.8. The van der Waals surface area contributed by atoms with E-state index in [4.69, 9.17) is 9.84 Å². The molecule has 1 unspecified atom stereocenters. The maximum Gasteiger partial charge on any atom is 0.230 e. The molecule has 0 aromatic carbocycles. The zero-order valence-corrected chi connectivity index (χ0v) is 9.64. The molecule has 0 aromatic heterocycles. The molecule has 1 saturated heterocycles. The second-order valence-electron chi connectivity index (χ2n) is 4.27. The summed E-state index contributed by atoms with van der Waals surface area (Å²) in [6.07, 6.45) is 0.627. The third-order valence-electron chi connectivity index (χ3n) is 3.00. The van der Waals surface area contributed by atoms with Crippen molar-refractivity contribution in [2.45, 2.75) is 24.5 Å². The highest BCUT2D eigenvalue weighted by molar-refractivity contribution is 5.84. The van der Waals surface area contributed by atoms with Crippen molar-refractivity contribution in [2.24, 2.45) is 10.9 Å². The summed E-state index contributed by atoms with van der Waals surface area (Å²) in [5.74, 6) is -0.742. The Morgan fingerprint density at radius 2 is 2.22 bits per heavy atom. The number of dihydropyridines is 1. The molecule has 7 nitrogen and oxygen atoms in total. The molecule has 2 aliphatic heterocycles. The fourth-order valence-corrected chi connectivity index (χ4v) is 1.92. The topological polar surface area (TPSA) is 111 Å². The Labute approximate surface area is 104 Å². The van der Waals surface area contributed by atoms with Crippen molar-refractivity contribution in [3.8, 4) is 0 Å². The van der Waals surface area contributed by atoms with E-state index in [2.05, 4.69) is 10.3 Å². The third-order valence-corrected chi connectivity index (χ3v) is 3.00. The summed E-state index contributed by atoms with van der Waals surface area (Å²) >= 11 is 0. The quantitative estimate of drug-likeness (QED) is 0.458. The molecule has 2 aliphatic rings. The average Bonchev–Trinajstić information content (AvgIpc) is 2.67. The average molecular weight is 256 g/mol. The van der Waals surface area contributed by atoms with Crippen LogP contribution in [0.3, 0.4) is 0 Å². The number of nitrogens with one attached hydrogen (secondary N) is 1. The van der Waals surface area contributed by atoms with E-state index in [9.17, 15) is 15.0 Å². The van der Waals surface area contributed by atoms with Crippen LogP contribution < -0.4 is 5.32 Å². The van der Waals surface area contributed by atoms with Crippen LogP contribution in [-0.4, -0.2) is 65.1 Å². The number of nitrogens with zero attached hydrogens (tertiary/aromatic N) is 1. The van der Waals surface area contributed by atoms with Gasteiger partial charge in [0.25, 0.3) is 0 Å². The highest BCUT2D eigenvalue weighted by atomic mass is 16.6. The first-order valence-corrected chi connectivity index (χ1v) is 5.73. The first kappa shape index (κ1) is 13.2. The van der Waals surface area contributed by atoms with E-state index >= 15 is 0 Å². The van der Waals surface area contributed by atoms with Gasteiger partial charge in [0.05, 0.1) is 19.1 Å². The van der Waals surface area contributed by atoms with Gasteiger partial charge < -0.3 is 25.4 Å². The zero-order chi connectivity index (χ0) is 13.1. The molecule has 0 aromatic rings. The lowest BCUT2D eigenvalue weighted by Gasteiger charge is -2.19. The normalized spacial score (nSPS) is 38.9. The van der Waals surface area contributed by atoms with Crippen molar-refractivity contribution in [3.63, 3.8) is 0 Å². The summed E-state index contributed by atoms with van der Waals surface area (Å²) in [5.41, 5.74) is 0. The van der Waals surface area contributed by atoms with Crippen molar-refractivity contribution in [1.29, 1.82) is 0 Å². The molecular formula is C11H16N2O5. The smallest absolute Gasteiger partial charge is 0.230 e. The Kier molecular flexibility index (Phi) is 4.07. The Morgan fingerprint density at radius 3 is 2.78 bits per heavy atom. The molecule has 2 heterocycles. The molecule has 1 amide bonds. The van der Waals surface area contributed by atoms with Crippen LogP contribution in [0.5, 0.6) is 0 Å². The number of amides is 1. The number of aliphatic hydroxyl groups is 3. The van der Waals surface area contributed by atoms with E-state index in [0.717, 1.165) is 0 Å². The van der Waals surface area contributed by atoms with Crippen LogP contribution in [0.1, 0.15) is 0 Å². The summed E-state index contributed by atoms with van der Waals surface area (Å²) in [6.45, 7) is -0.0741. The minimum absolute atomic E-state index is 0.335. The monoisotopic (exact) mass is 256 g/mol. The number of hydrogen-bond acceptors (Lipinski definition) is 6. The fraction of sp³-hybridized carbons (Fsp3) is 0.636. The third kappa shape index (κ3) is 2.59. The number of ether oxygens (including phenoxy) is 1. The van der Waals surface area contributed by atoms with E-state index in [1.807, 2.05) is 0 Å². The molecular weight excluding hydrogens is 240 g/mol. The van der Waals surface area contributed by atoms with Gasteiger partial charge in [0, 0.05) is 6.21 Å². The van der Waals surface area contributed by atoms with Crippen molar-refractivity contribution < 1.29 is 24.9 Å². The summed E-state index contributed by atoms with van der Waals surface area (Å²) in [5, 5.41) is 30.6. The Bertz CT molecular complexity index is 370. The lowest BCUT2D eigenvalue weighted by atomic mass is 10.1. The van der Waals surface area contributed by atoms with Crippen molar-refractivity contribution in [3.05, 3.63) is 12.2 Å². The van der Waals surface area contributed by atoms with Gasteiger partial charge in [-0.15, -0.1) is 0 Å². The molecule has 5 atom stereocenters. The van der Waals surface area contributed by atoms with E-state index in [1.165, 1.54) is 0 Å². The minimum Gasteiger partial charge on any atom is -0.394 e. The summed E-state index contributed by atoms with van der Waals surface area (Å²) in [7, 11) is 0. The van der Waals surface area contributed by atoms with E-state index in [-0.39, 0.29) is 5.91 Å². The van der Waals surface area contributed by atoms with Gasteiger partial charge in [-0.1, -0.05) is 6.08 Å². The molecule has 18 heavy (non-hydrogen) atoms. The summed E-state index contributed by atoms with van der Waals surface area (Å²) < 4.78 is 5.15. The van der Waals surface area contributed by atoms with Crippen molar-refractivity contribution in [1.82, 2.24) is 5.32 Å². The number of aliphatic imine (C=N–C) groups is 1. The Balaban J connectivity index is 1.91. The van der Waals surface area contributed by atoms with Gasteiger partial charge in [-0.3, -0.25) is 9.79 Å². The molecule has 4 N–H and O–H groups in total. The molecule has 0 saturated carbocycles. The van der Waals surface area contributed by atoms with Crippen LogP contribution in [-0.2, 0) is 9.53 Å². The van der Waals surface area contributed by atoms with Gasteiger partial charge in [0.1, 0.15) is 18.3 Å². The number of allylic oxidation sites excluding steroid dienone is 1. The number of rotatable bonds is 3. The van der Waals surface area contributed by atoms with Gasteiger partial charge in [-0.2, -0.15) is 0 Å². The Morgan fingerprint density at radius 1 is 1.44 bits per heavy atom. The minimum atomic E-state index is -1.25. The predicted octanol–water partition coefficient (Wildman–Crippen LogP) is -2.20. The Hall–Kier alpha value is -1.28. The van der Waals surface area contributed by atoms with Crippen molar-refractivity contribution in [2.75, 3.05) is 13.2 Å². The fourth-order valence-electron chi connectivity index (χ4n) is 1.92. The van der Waals surface area contributed by atoms with Crippen LogP contribution >= 0.6 is 0 Å². The maximum atomic E-state index is 11.8. The van der Waals surface area contributed by atoms with Crippen LogP contribution in [0.25, 0.3) is 0 Å². The van der Waals surface area contributed by atoms with Crippen LogP contribution in [0.4, 0.5) is 0 Å². The summed E-state index contributed by atoms with van der Waals surface area (Å²) in [6, 6.07) is 0. The molecule has 100 valence electrons. The largest absolute Gasteiger partial charge is 0.394 e. The second-order valence-corrected chi connectivity index (χ2v) is 4.27. The second kappa shape index (κ2) is 5.57. The SMILES string of the molecule is O=C(N[C@@H]1O[C@H](CO)[C@@H](O)[C@H]1O)C1C=CC=NC1. The molecule has 2 rings (SSSR count). The number of hydrogen-bond donors (Lipinski definition) is 4. The van der Waals surface area contributed by atoms with Crippen molar-refractivity contribution >= 4 is 12.1 Å². The number of aliphatic hydroxyl groups excluding tert-OH is 3. The van der Waals surface area contributed by atoms with Crippen LogP contribution in [0, 0.1) is 5.92 Å². The van der Waals surface area contributed by atoms with Crippen LogP contribution in [0.15, 0.2) is 17.1 Å². The predicted molar refractivity (Wildman–Crippen MR) is 61.9 cm³/mol. The maximum absolute atomic E-state index is 11.8. The van der Waals surface area contributed by atoms with Gasteiger partial charge in [0.15, 0.2) is 6.23 Å². The first-order chi connectivity index (χ1) is 8.63. The molecule has 0 aliphatic carbocycles. The van der Waals surface area contributed by atoms with Gasteiger partial charge >= 0.3 is 0 Å². The van der Waals surface area contributed by atoms with E-state index in [1.54, 1.807) is 18.4 Å². The number of carbonyl (C=O) groups is 1. The molecule has 0 radical (unpaired) electrons. The zero-order valence-electron chi connectivity index (χ0n) is 9.64. The molecule has 0 bridgehead atoms. The van der Waals surface area contributed by atoms with E-state index in [0.29, 0.717) is 6.54 Å². The molecule has 0 spiro atoms. The lowest BCUT2D eigenvalue weighted by molar-refractivity contribution is -0.129. The molecule has 7 heteroatoms. The molecule has 1 fully saturated rings. The lowest BCUT2D eigenvalue weighted by Crippen LogP contribution is -2.46. The van der Waals surface area contributed by atoms with Gasteiger partial charge in [0.2, 0.25) is 5.91 Å². The highest BCUT2D eigenvalue weighted by Gasteiger charge is 2.43. The number of carbonyl (C=O) groups excluding carboxylic acids is 1. The van der Waals surface area contributed by atoms with Gasteiger partial charge in [-0.05, 0) is 6.08 Å². The first-order valence-electron chi connectivity index (χ1n) is 5.73. The highest BCUT2D eigenvalue weighted by Crippen LogP contribution is 2.19.